The van der Waals surface area contributed by atoms with Gasteiger partial charge < -0.3 is 33.8 Å². The third-order valence-electron chi connectivity index (χ3n) is 6.33. The van der Waals surface area contributed by atoms with Crippen molar-refractivity contribution in [2.75, 3.05) is 13.7 Å². The lowest BCUT2D eigenvalue weighted by atomic mass is 10.1. The van der Waals surface area contributed by atoms with Crippen LogP contribution in [0.1, 0.15) is 33.3 Å². The van der Waals surface area contributed by atoms with Crippen LogP contribution in [0.25, 0.3) is 0 Å². The highest BCUT2D eigenvalue weighted by Crippen LogP contribution is 2.37. The van der Waals surface area contributed by atoms with Crippen LogP contribution < -0.4 is 5.32 Å². The fourth-order valence-corrected chi connectivity index (χ4v) is 4.04. The number of nitrogens with one attached hydrogen (secondary N) is 1. The first-order chi connectivity index (χ1) is 16.3. The van der Waals surface area contributed by atoms with Gasteiger partial charge in [0.1, 0.15) is 18.8 Å². The van der Waals surface area contributed by atoms with E-state index in [2.05, 4.69) is 39.2 Å². The number of carbonyl (C=O) groups excluding carboxylic acids is 2. The quantitative estimate of drug-likeness (QED) is 0.280. The molecule has 35 heavy (non-hydrogen) atoms. The van der Waals surface area contributed by atoms with E-state index >= 15 is 0 Å². The lowest BCUT2D eigenvalue weighted by molar-refractivity contribution is -0.201. The van der Waals surface area contributed by atoms with E-state index in [0.717, 1.165) is 5.56 Å². The van der Waals surface area contributed by atoms with Gasteiger partial charge in [-0.2, -0.15) is 0 Å². The smallest absolute Gasteiger partial charge is 0.408 e. The Bertz CT molecular complexity index is 855. The summed E-state index contributed by atoms with van der Waals surface area (Å²) in [6.07, 6.45) is -0.796. The van der Waals surface area contributed by atoms with Crippen molar-refractivity contribution in [2.24, 2.45) is 0 Å². The Labute approximate surface area is 208 Å². The van der Waals surface area contributed by atoms with E-state index in [0.29, 0.717) is 0 Å². The third-order valence-corrected chi connectivity index (χ3v) is 10.8. The molecule has 1 amide bonds. The molecule has 0 saturated carbocycles. The Morgan fingerprint density at radius 3 is 2.43 bits per heavy atom. The van der Waals surface area contributed by atoms with Crippen LogP contribution in [0.5, 0.6) is 0 Å². The van der Waals surface area contributed by atoms with E-state index in [1.807, 2.05) is 30.3 Å². The minimum Gasteiger partial charge on any atom is -0.467 e. The average molecular weight is 510 g/mol. The minimum atomic E-state index is -2.04. The zero-order valence-corrected chi connectivity index (χ0v) is 22.6. The number of rotatable bonds is 10. The van der Waals surface area contributed by atoms with Gasteiger partial charge >= 0.3 is 12.1 Å². The van der Waals surface area contributed by atoms with E-state index < -0.39 is 51.0 Å². The fourth-order valence-electron chi connectivity index (χ4n) is 3.03. The number of aliphatic hydroxyl groups excluding tert-OH is 1. The molecule has 10 heteroatoms. The number of amides is 1. The monoisotopic (exact) mass is 509 g/mol. The Balaban J connectivity index is 1.96. The number of ether oxygens (including phenoxy) is 4. The number of esters is 1. The average Bonchev–Trinajstić information content (AvgIpc) is 2.80. The van der Waals surface area contributed by atoms with Crippen LogP contribution in [-0.2, 0) is 34.8 Å². The molecular formula is C25H39NO8Si. The second-order valence-corrected chi connectivity index (χ2v) is 14.8. The lowest BCUT2D eigenvalue weighted by Crippen LogP contribution is -2.51. The summed E-state index contributed by atoms with van der Waals surface area (Å²) >= 11 is 0. The summed E-state index contributed by atoms with van der Waals surface area (Å²) in [5.74, 6) is -0.688. The normalized spacial score (nSPS) is 22.2. The molecule has 1 aliphatic rings. The molecule has 2 N–H and O–H groups in total. The van der Waals surface area contributed by atoms with E-state index in [1.54, 1.807) is 19.1 Å². The number of alkyl carbamates (subject to hydrolysis) is 1. The Kier molecular flexibility index (Phi) is 10.5. The number of hydrogen-bond donors (Lipinski definition) is 2. The van der Waals surface area contributed by atoms with Crippen molar-refractivity contribution in [1.82, 2.24) is 5.32 Å². The fraction of sp³-hybridized carbons (Fsp3) is 0.600. The molecule has 0 fully saturated rings. The van der Waals surface area contributed by atoms with Gasteiger partial charge in [0.25, 0.3) is 0 Å². The molecule has 0 saturated heterocycles. The zero-order valence-electron chi connectivity index (χ0n) is 21.6. The second kappa shape index (κ2) is 12.6. The molecule has 196 valence electrons. The van der Waals surface area contributed by atoms with Gasteiger partial charge in [-0.05, 0) is 36.7 Å². The van der Waals surface area contributed by atoms with Gasteiger partial charge in [-0.1, -0.05) is 57.2 Å². The Hall–Kier alpha value is -2.24. The third kappa shape index (κ3) is 8.73. The highest BCUT2D eigenvalue weighted by atomic mass is 28.4. The van der Waals surface area contributed by atoms with Crippen molar-refractivity contribution in [3.63, 3.8) is 0 Å². The van der Waals surface area contributed by atoms with Crippen LogP contribution in [-0.4, -0.2) is 69.8 Å². The molecule has 0 unspecified atom stereocenters. The molecule has 0 spiro atoms. The highest BCUT2D eigenvalue weighted by molar-refractivity contribution is 6.74. The number of carbonyl (C=O) groups is 2. The first kappa shape index (κ1) is 29.0. The molecule has 9 nitrogen and oxygen atoms in total. The van der Waals surface area contributed by atoms with Gasteiger partial charge in [0.15, 0.2) is 20.6 Å². The highest BCUT2D eigenvalue weighted by Gasteiger charge is 2.39. The summed E-state index contributed by atoms with van der Waals surface area (Å²) in [5.41, 5.74) is 0.812. The number of hydrogen-bond acceptors (Lipinski definition) is 8. The van der Waals surface area contributed by atoms with Crippen molar-refractivity contribution in [1.29, 1.82) is 0 Å². The van der Waals surface area contributed by atoms with Gasteiger partial charge in [0.2, 0.25) is 0 Å². The molecule has 0 bridgehead atoms. The van der Waals surface area contributed by atoms with Crippen LogP contribution in [0.4, 0.5) is 4.79 Å². The zero-order chi connectivity index (χ0) is 26.2. The summed E-state index contributed by atoms with van der Waals surface area (Å²) in [6, 6.07) is 8.05. The largest absolute Gasteiger partial charge is 0.467 e. The molecule has 2 rings (SSSR count). The molecule has 1 heterocycles. The molecule has 0 aliphatic carbocycles. The van der Waals surface area contributed by atoms with Crippen molar-refractivity contribution < 1.29 is 38.1 Å². The molecule has 5 atom stereocenters. The van der Waals surface area contributed by atoms with Gasteiger partial charge in [-0.25, -0.2) is 9.59 Å². The molecule has 0 radical (unpaired) electrons. The van der Waals surface area contributed by atoms with Crippen molar-refractivity contribution in [3.8, 4) is 0 Å². The van der Waals surface area contributed by atoms with E-state index in [-0.39, 0.29) is 18.3 Å². The van der Waals surface area contributed by atoms with Crippen LogP contribution in [0.2, 0.25) is 18.1 Å². The van der Waals surface area contributed by atoms with Gasteiger partial charge in [-0.15, -0.1) is 0 Å². The standard InChI is InChI=1S/C25H39NO8Si/c1-17(22(23(28)30-5)26-24(29)31-15-18-11-9-8-10-12-18)33-21-14-13-19(27)20(34-21)16-32-35(6,7)25(2,3)4/h8-14,17,19-22,27H,15-16H2,1-7H3,(H,26,29)/t17-,19-,20+,21-,22+/m1/s1. The van der Waals surface area contributed by atoms with Crippen LogP contribution in [0.15, 0.2) is 42.5 Å². The molecule has 1 aliphatic heterocycles. The predicted octanol–water partition coefficient (Wildman–Crippen LogP) is 3.52. The Morgan fingerprint density at radius 2 is 1.83 bits per heavy atom. The lowest BCUT2D eigenvalue weighted by Gasteiger charge is -2.39. The molecule has 1 aromatic rings. The molecule has 1 aromatic carbocycles. The molecular weight excluding hydrogens is 470 g/mol. The SMILES string of the molecule is COC(=O)[C@@H](NC(=O)OCc1ccccc1)[C@@H](C)O[C@H]1C=C[C@@H](O)[C@H](CO[Si](C)(C)C(C)(C)C)O1. The van der Waals surface area contributed by atoms with E-state index in [4.69, 9.17) is 23.4 Å². The van der Waals surface area contributed by atoms with Crippen molar-refractivity contribution in [3.05, 3.63) is 48.0 Å². The van der Waals surface area contributed by atoms with Gasteiger partial charge in [0, 0.05) is 0 Å². The number of benzene rings is 1. The maximum absolute atomic E-state index is 12.3. The van der Waals surface area contributed by atoms with Crippen molar-refractivity contribution in [2.45, 2.75) is 83.1 Å². The summed E-state index contributed by atoms with van der Waals surface area (Å²) in [6.45, 7) is 12.5. The minimum absolute atomic E-state index is 0.0153. The summed E-state index contributed by atoms with van der Waals surface area (Å²) in [4.78, 5) is 24.7. The maximum atomic E-state index is 12.3. The first-order valence-electron chi connectivity index (χ1n) is 11.7. The number of methoxy groups -OCH3 is 1. The van der Waals surface area contributed by atoms with Crippen LogP contribution in [0, 0.1) is 0 Å². The van der Waals surface area contributed by atoms with E-state index in [1.165, 1.54) is 7.11 Å². The summed E-state index contributed by atoms with van der Waals surface area (Å²) in [7, 11) is -0.817. The molecule has 0 aromatic heterocycles. The van der Waals surface area contributed by atoms with Gasteiger partial charge in [-0.3, -0.25) is 0 Å². The number of aliphatic hydroxyl groups is 1. The first-order valence-corrected chi connectivity index (χ1v) is 14.6. The topological polar surface area (TPSA) is 113 Å². The second-order valence-electron chi connectivity index (χ2n) is 10.0. The predicted molar refractivity (Wildman–Crippen MR) is 133 cm³/mol. The Morgan fingerprint density at radius 1 is 1.17 bits per heavy atom. The van der Waals surface area contributed by atoms with Crippen molar-refractivity contribution >= 4 is 20.4 Å². The maximum Gasteiger partial charge on any atom is 0.408 e. The van der Waals surface area contributed by atoms with Crippen LogP contribution in [0.3, 0.4) is 0 Å². The van der Waals surface area contributed by atoms with Gasteiger partial charge in [0.05, 0.1) is 19.8 Å². The van der Waals surface area contributed by atoms with E-state index in [9.17, 15) is 14.7 Å². The van der Waals surface area contributed by atoms with Crippen LogP contribution >= 0.6 is 0 Å². The summed E-state index contributed by atoms with van der Waals surface area (Å²) < 4.78 is 28.0. The summed E-state index contributed by atoms with van der Waals surface area (Å²) in [5, 5.41) is 12.9.